The summed E-state index contributed by atoms with van der Waals surface area (Å²) in [6.07, 6.45) is 1.38. The predicted molar refractivity (Wildman–Crippen MR) is 92.5 cm³/mol. The summed E-state index contributed by atoms with van der Waals surface area (Å²) in [5.74, 6) is -0.0513. The van der Waals surface area contributed by atoms with Gasteiger partial charge in [0.1, 0.15) is 0 Å². The van der Waals surface area contributed by atoms with Gasteiger partial charge < -0.3 is 15.0 Å². The van der Waals surface area contributed by atoms with Crippen molar-refractivity contribution in [1.29, 1.82) is 0 Å². The second kappa shape index (κ2) is 7.97. The highest BCUT2D eigenvalue weighted by molar-refractivity contribution is 5.96. The van der Waals surface area contributed by atoms with Gasteiger partial charge in [0.05, 0.1) is 11.6 Å². The highest BCUT2D eigenvalue weighted by atomic mass is 16.3. The summed E-state index contributed by atoms with van der Waals surface area (Å²) < 4.78 is 2.14. The number of rotatable bonds is 7. The van der Waals surface area contributed by atoms with Crippen LogP contribution >= 0.6 is 0 Å². The van der Waals surface area contributed by atoms with Crippen LogP contribution in [0.4, 0.5) is 0 Å². The van der Waals surface area contributed by atoms with Gasteiger partial charge in [0, 0.05) is 24.5 Å². The number of carbonyl (C=O) groups excluding carboxylic acids is 1. The standard InChI is InChI=1S/C19H26N2O2/c1-4-21-14(2)13-17(15(21)3)19(23)20-18(11-8-12-22)16-9-6-5-7-10-16/h5-7,9-10,13,18,22H,4,8,11-12H2,1-3H3,(H,20,23). The van der Waals surface area contributed by atoms with Crippen LogP contribution in [0, 0.1) is 13.8 Å². The molecule has 0 saturated heterocycles. The van der Waals surface area contributed by atoms with E-state index in [2.05, 4.69) is 16.8 Å². The fourth-order valence-corrected chi connectivity index (χ4v) is 3.06. The molecule has 0 saturated carbocycles. The highest BCUT2D eigenvalue weighted by Gasteiger charge is 2.19. The zero-order chi connectivity index (χ0) is 16.8. The minimum absolute atomic E-state index is 0.0513. The summed E-state index contributed by atoms with van der Waals surface area (Å²) in [5, 5.41) is 12.2. The lowest BCUT2D eigenvalue weighted by molar-refractivity contribution is 0.0931. The van der Waals surface area contributed by atoms with Gasteiger partial charge in [0.25, 0.3) is 5.91 Å². The Morgan fingerprint density at radius 3 is 2.52 bits per heavy atom. The van der Waals surface area contributed by atoms with Gasteiger partial charge in [-0.2, -0.15) is 0 Å². The molecule has 0 fully saturated rings. The van der Waals surface area contributed by atoms with E-state index < -0.39 is 0 Å². The zero-order valence-electron chi connectivity index (χ0n) is 14.2. The van der Waals surface area contributed by atoms with Gasteiger partial charge in [-0.3, -0.25) is 4.79 Å². The van der Waals surface area contributed by atoms with Gasteiger partial charge in [-0.1, -0.05) is 30.3 Å². The van der Waals surface area contributed by atoms with Crippen LogP contribution in [0.15, 0.2) is 36.4 Å². The normalized spacial score (nSPS) is 12.2. The van der Waals surface area contributed by atoms with Crippen LogP contribution in [-0.4, -0.2) is 22.2 Å². The van der Waals surface area contributed by atoms with Gasteiger partial charge in [-0.25, -0.2) is 0 Å². The van der Waals surface area contributed by atoms with Gasteiger partial charge in [-0.05, 0) is 45.2 Å². The Kier molecular flexibility index (Phi) is 5.99. The van der Waals surface area contributed by atoms with Crippen LogP contribution in [-0.2, 0) is 6.54 Å². The maximum atomic E-state index is 12.7. The number of hydrogen-bond donors (Lipinski definition) is 2. The molecule has 124 valence electrons. The third kappa shape index (κ3) is 4.02. The average Bonchev–Trinajstić information content (AvgIpc) is 2.86. The molecule has 1 atom stereocenters. The van der Waals surface area contributed by atoms with Crippen molar-refractivity contribution < 1.29 is 9.90 Å². The van der Waals surface area contributed by atoms with Crippen molar-refractivity contribution in [3.8, 4) is 0 Å². The van der Waals surface area contributed by atoms with E-state index in [4.69, 9.17) is 5.11 Å². The molecule has 0 aliphatic heterocycles. The van der Waals surface area contributed by atoms with Crippen molar-refractivity contribution in [3.63, 3.8) is 0 Å². The van der Waals surface area contributed by atoms with E-state index in [1.807, 2.05) is 50.2 Å². The maximum Gasteiger partial charge on any atom is 0.253 e. The van der Waals surface area contributed by atoms with Crippen molar-refractivity contribution in [2.24, 2.45) is 0 Å². The number of amides is 1. The molecular weight excluding hydrogens is 288 g/mol. The molecule has 0 radical (unpaired) electrons. The minimum Gasteiger partial charge on any atom is -0.396 e. The van der Waals surface area contributed by atoms with E-state index in [1.165, 1.54) is 0 Å². The first kappa shape index (κ1) is 17.3. The Bertz CT molecular complexity index is 647. The molecule has 2 N–H and O–H groups in total. The van der Waals surface area contributed by atoms with E-state index >= 15 is 0 Å². The van der Waals surface area contributed by atoms with Gasteiger partial charge in [0.15, 0.2) is 0 Å². The third-order valence-electron chi connectivity index (χ3n) is 4.29. The van der Waals surface area contributed by atoms with Crippen LogP contribution in [0.2, 0.25) is 0 Å². The van der Waals surface area contributed by atoms with E-state index in [-0.39, 0.29) is 18.6 Å². The first-order chi connectivity index (χ1) is 11.1. The molecule has 0 aliphatic rings. The van der Waals surface area contributed by atoms with Crippen molar-refractivity contribution in [2.45, 2.75) is 46.2 Å². The summed E-state index contributed by atoms with van der Waals surface area (Å²) >= 11 is 0. The Balaban J connectivity index is 2.21. The SMILES string of the molecule is CCn1c(C)cc(C(=O)NC(CCCO)c2ccccc2)c1C. The summed E-state index contributed by atoms with van der Waals surface area (Å²) in [7, 11) is 0. The quantitative estimate of drug-likeness (QED) is 0.823. The molecule has 2 aromatic rings. The molecule has 0 bridgehead atoms. The second-order valence-electron chi connectivity index (χ2n) is 5.83. The molecule has 1 amide bonds. The fraction of sp³-hybridized carbons (Fsp3) is 0.421. The molecule has 0 spiro atoms. The van der Waals surface area contributed by atoms with Gasteiger partial charge in [0.2, 0.25) is 0 Å². The summed E-state index contributed by atoms with van der Waals surface area (Å²) in [4.78, 5) is 12.7. The number of aliphatic hydroxyl groups is 1. The molecular formula is C19H26N2O2. The topological polar surface area (TPSA) is 54.3 Å². The Morgan fingerprint density at radius 1 is 1.26 bits per heavy atom. The Morgan fingerprint density at radius 2 is 1.96 bits per heavy atom. The van der Waals surface area contributed by atoms with E-state index in [0.29, 0.717) is 6.42 Å². The molecule has 4 heteroatoms. The van der Waals surface area contributed by atoms with Crippen LogP contribution in [0.25, 0.3) is 0 Å². The Labute approximate surface area is 138 Å². The third-order valence-corrected chi connectivity index (χ3v) is 4.29. The zero-order valence-corrected chi connectivity index (χ0v) is 14.2. The summed E-state index contributed by atoms with van der Waals surface area (Å²) in [5.41, 5.74) is 3.89. The molecule has 4 nitrogen and oxygen atoms in total. The van der Waals surface area contributed by atoms with Crippen LogP contribution in [0.5, 0.6) is 0 Å². The van der Waals surface area contributed by atoms with Crippen molar-refractivity contribution >= 4 is 5.91 Å². The summed E-state index contributed by atoms with van der Waals surface area (Å²) in [6.45, 7) is 7.07. The molecule has 1 aromatic heterocycles. The van der Waals surface area contributed by atoms with Crippen molar-refractivity contribution in [3.05, 3.63) is 58.9 Å². The molecule has 2 rings (SSSR count). The lowest BCUT2D eigenvalue weighted by Gasteiger charge is -2.19. The monoisotopic (exact) mass is 314 g/mol. The van der Waals surface area contributed by atoms with Crippen LogP contribution in [0.3, 0.4) is 0 Å². The predicted octanol–water partition coefficient (Wildman–Crippen LogP) is 3.37. The van der Waals surface area contributed by atoms with Crippen LogP contribution in [0.1, 0.15) is 53.1 Å². The highest BCUT2D eigenvalue weighted by Crippen LogP contribution is 2.21. The minimum atomic E-state index is -0.0828. The Hall–Kier alpha value is -2.07. The van der Waals surface area contributed by atoms with E-state index in [1.54, 1.807) is 0 Å². The number of hydrogen-bond acceptors (Lipinski definition) is 2. The number of nitrogens with zero attached hydrogens (tertiary/aromatic N) is 1. The second-order valence-corrected chi connectivity index (χ2v) is 5.83. The smallest absolute Gasteiger partial charge is 0.253 e. The molecule has 0 aliphatic carbocycles. The molecule has 1 unspecified atom stereocenters. The number of aromatic nitrogens is 1. The first-order valence-corrected chi connectivity index (χ1v) is 8.21. The number of benzene rings is 1. The van der Waals surface area contributed by atoms with Gasteiger partial charge in [-0.15, -0.1) is 0 Å². The lowest BCUT2D eigenvalue weighted by atomic mass is 10.0. The first-order valence-electron chi connectivity index (χ1n) is 8.21. The van der Waals surface area contributed by atoms with Gasteiger partial charge >= 0.3 is 0 Å². The molecule has 1 aromatic carbocycles. The van der Waals surface area contributed by atoms with Crippen molar-refractivity contribution in [1.82, 2.24) is 9.88 Å². The van der Waals surface area contributed by atoms with Crippen molar-refractivity contribution in [2.75, 3.05) is 6.61 Å². The van der Waals surface area contributed by atoms with E-state index in [0.717, 1.165) is 35.5 Å². The molecule has 1 heterocycles. The number of aryl methyl sites for hydroxylation is 1. The largest absolute Gasteiger partial charge is 0.396 e. The fourth-order valence-electron chi connectivity index (χ4n) is 3.06. The summed E-state index contributed by atoms with van der Waals surface area (Å²) in [6, 6.07) is 11.8. The lowest BCUT2D eigenvalue weighted by Crippen LogP contribution is -2.29. The molecule has 23 heavy (non-hydrogen) atoms. The average molecular weight is 314 g/mol. The van der Waals surface area contributed by atoms with E-state index in [9.17, 15) is 4.79 Å². The number of carbonyl (C=O) groups is 1. The number of nitrogens with one attached hydrogen (secondary N) is 1. The van der Waals surface area contributed by atoms with Crippen LogP contribution < -0.4 is 5.32 Å². The number of aliphatic hydroxyl groups excluding tert-OH is 1. The maximum absolute atomic E-state index is 12.7.